The zero-order valence-electron chi connectivity index (χ0n) is 12.2. The zero-order valence-corrected chi connectivity index (χ0v) is 13.1. The maximum absolute atomic E-state index is 11.4. The van der Waals surface area contributed by atoms with Gasteiger partial charge in [-0.3, -0.25) is 0 Å². The fraction of sp³-hybridized carbons (Fsp3) is 0.667. The number of piperidine rings is 1. The van der Waals surface area contributed by atoms with E-state index in [4.69, 9.17) is 0 Å². The maximum Gasteiger partial charge on any atom is 0.150 e. The summed E-state index contributed by atoms with van der Waals surface area (Å²) in [4.78, 5) is 6.72. The van der Waals surface area contributed by atoms with Crippen LogP contribution in [-0.4, -0.2) is 50.1 Å². The van der Waals surface area contributed by atoms with Crippen LogP contribution >= 0.6 is 0 Å². The Balaban J connectivity index is 1.46. The van der Waals surface area contributed by atoms with E-state index < -0.39 is 9.84 Å². The third-order valence-electron chi connectivity index (χ3n) is 4.49. The Hall–Kier alpha value is -1.14. The molecule has 6 heteroatoms. The van der Waals surface area contributed by atoms with Crippen LogP contribution < -0.4 is 10.2 Å². The van der Waals surface area contributed by atoms with Crippen molar-refractivity contribution in [2.45, 2.75) is 37.8 Å². The smallest absolute Gasteiger partial charge is 0.150 e. The number of sulfone groups is 1. The lowest BCUT2D eigenvalue weighted by Crippen LogP contribution is -2.48. The predicted octanol–water partition coefficient (Wildman–Crippen LogP) is 1.22. The summed E-state index contributed by atoms with van der Waals surface area (Å²) in [5, 5.41) is 3.66. The van der Waals surface area contributed by atoms with E-state index in [0.717, 1.165) is 44.6 Å². The van der Waals surface area contributed by atoms with Gasteiger partial charge in [-0.1, -0.05) is 6.07 Å². The van der Waals surface area contributed by atoms with Gasteiger partial charge < -0.3 is 10.2 Å². The van der Waals surface area contributed by atoms with E-state index in [1.54, 1.807) is 0 Å². The van der Waals surface area contributed by atoms with E-state index in [0.29, 0.717) is 23.6 Å². The first kappa shape index (κ1) is 14.8. The Morgan fingerprint density at radius 1 is 1.05 bits per heavy atom. The van der Waals surface area contributed by atoms with Crippen molar-refractivity contribution in [1.82, 2.24) is 10.3 Å². The fourth-order valence-electron chi connectivity index (χ4n) is 3.21. The molecule has 0 spiro atoms. The minimum atomic E-state index is -2.76. The van der Waals surface area contributed by atoms with Gasteiger partial charge in [-0.05, 0) is 37.8 Å². The number of anilines is 1. The second kappa shape index (κ2) is 6.32. The Labute approximate surface area is 126 Å². The molecule has 1 aromatic rings. The summed E-state index contributed by atoms with van der Waals surface area (Å²) in [5.41, 5.74) is 0. The number of pyridine rings is 1. The van der Waals surface area contributed by atoms with Crippen LogP contribution in [0.25, 0.3) is 0 Å². The molecule has 116 valence electrons. The molecular weight excluding hydrogens is 286 g/mol. The van der Waals surface area contributed by atoms with Gasteiger partial charge >= 0.3 is 0 Å². The summed E-state index contributed by atoms with van der Waals surface area (Å²) in [6.45, 7) is 2.03. The number of nitrogens with one attached hydrogen (secondary N) is 1. The average Bonchev–Trinajstić information content (AvgIpc) is 2.51. The monoisotopic (exact) mass is 309 g/mol. The van der Waals surface area contributed by atoms with Crippen LogP contribution in [0.5, 0.6) is 0 Å². The Bertz CT molecular complexity index is 540. The minimum Gasteiger partial charge on any atom is -0.357 e. The molecule has 0 aromatic carbocycles. The van der Waals surface area contributed by atoms with Crippen LogP contribution in [0.15, 0.2) is 24.4 Å². The van der Waals surface area contributed by atoms with Gasteiger partial charge in [-0.15, -0.1) is 0 Å². The van der Waals surface area contributed by atoms with Gasteiger partial charge in [0.25, 0.3) is 0 Å². The van der Waals surface area contributed by atoms with Gasteiger partial charge in [0, 0.05) is 31.4 Å². The van der Waals surface area contributed by atoms with E-state index in [1.807, 2.05) is 18.3 Å². The van der Waals surface area contributed by atoms with Crippen LogP contribution in [0, 0.1) is 0 Å². The van der Waals surface area contributed by atoms with E-state index in [2.05, 4.69) is 21.3 Å². The van der Waals surface area contributed by atoms with E-state index >= 15 is 0 Å². The normalized spacial score (nSPS) is 24.1. The van der Waals surface area contributed by atoms with Crippen LogP contribution in [0.1, 0.15) is 25.7 Å². The topological polar surface area (TPSA) is 62.3 Å². The van der Waals surface area contributed by atoms with E-state index in [1.165, 1.54) is 0 Å². The molecule has 0 bridgehead atoms. The highest BCUT2D eigenvalue weighted by Gasteiger charge is 2.27. The highest BCUT2D eigenvalue weighted by atomic mass is 32.2. The zero-order chi connectivity index (χ0) is 14.7. The molecule has 2 fully saturated rings. The molecular formula is C15H23N3O2S. The molecule has 5 nitrogen and oxygen atoms in total. The fourth-order valence-corrected chi connectivity index (χ4v) is 4.70. The first-order valence-electron chi connectivity index (χ1n) is 7.75. The number of hydrogen-bond donors (Lipinski definition) is 1. The SMILES string of the molecule is O=S1(=O)CCC(NC2CCN(c3ccccn3)CC2)CC1. The molecule has 1 aromatic heterocycles. The van der Waals surface area contributed by atoms with Crippen molar-refractivity contribution in [1.29, 1.82) is 0 Å². The maximum atomic E-state index is 11.4. The Kier molecular flexibility index (Phi) is 4.45. The van der Waals surface area contributed by atoms with Crippen molar-refractivity contribution in [3.05, 3.63) is 24.4 Å². The molecule has 3 rings (SSSR count). The van der Waals surface area contributed by atoms with Crippen molar-refractivity contribution in [2.75, 3.05) is 29.5 Å². The summed E-state index contributed by atoms with van der Waals surface area (Å²) in [6.07, 6.45) is 5.56. The summed E-state index contributed by atoms with van der Waals surface area (Å²) >= 11 is 0. The lowest BCUT2D eigenvalue weighted by molar-refractivity contribution is 0.349. The number of hydrogen-bond acceptors (Lipinski definition) is 5. The summed E-state index contributed by atoms with van der Waals surface area (Å²) in [6, 6.07) is 6.90. The predicted molar refractivity (Wildman–Crippen MR) is 84.3 cm³/mol. The van der Waals surface area contributed by atoms with Gasteiger partial charge in [0.2, 0.25) is 0 Å². The third kappa shape index (κ3) is 3.95. The van der Waals surface area contributed by atoms with Crippen molar-refractivity contribution < 1.29 is 8.42 Å². The average molecular weight is 309 g/mol. The van der Waals surface area contributed by atoms with Crippen LogP contribution in [-0.2, 0) is 9.84 Å². The highest BCUT2D eigenvalue weighted by Crippen LogP contribution is 2.19. The molecule has 0 saturated carbocycles. The largest absolute Gasteiger partial charge is 0.357 e. The second-order valence-electron chi connectivity index (χ2n) is 6.04. The molecule has 3 heterocycles. The Morgan fingerprint density at radius 3 is 2.33 bits per heavy atom. The van der Waals surface area contributed by atoms with Gasteiger partial charge in [-0.2, -0.15) is 0 Å². The minimum absolute atomic E-state index is 0.345. The number of rotatable bonds is 3. The van der Waals surface area contributed by atoms with Crippen molar-refractivity contribution >= 4 is 15.7 Å². The second-order valence-corrected chi connectivity index (χ2v) is 8.35. The summed E-state index contributed by atoms with van der Waals surface area (Å²) < 4.78 is 22.9. The van der Waals surface area contributed by atoms with E-state index in [9.17, 15) is 8.42 Å². The van der Waals surface area contributed by atoms with Crippen LogP contribution in [0.2, 0.25) is 0 Å². The number of aromatic nitrogens is 1. The lowest BCUT2D eigenvalue weighted by atomic mass is 10.0. The Morgan fingerprint density at radius 2 is 1.71 bits per heavy atom. The van der Waals surface area contributed by atoms with Crippen LogP contribution in [0.4, 0.5) is 5.82 Å². The lowest BCUT2D eigenvalue weighted by Gasteiger charge is -2.36. The van der Waals surface area contributed by atoms with Gasteiger partial charge in [0.1, 0.15) is 15.7 Å². The number of nitrogens with zero attached hydrogens (tertiary/aromatic N) is 2. The highest BCUT2D eigenvalue weighted by molar-refractivity contribution is 7.91. The van der Waals surface area contributed by atoms with Crippen molar-refractivity contribution in [3.63, 3.8) is 0 Å². The summed E-state index contributed by atoms with van der Waals surface area (Å²) in [7, 11) is -2.76. The first-order chi connectivity index (χ1) is 10.1. The molecule has 2 aliphatic rings. The molecule has 0 atom stereocenters. The van der Waals surface area contributed by atoms with Gasteiger partial charge in [-0.25, -0.2) is 13.4 Å². The molecule has 2 aliphatic heterocycles. The molecule has 0 amide bonds. The summed E-state index contributed by atoms with van der Waals surface area (Å²) in [5.74, 6) is 1.74. The van der Waals surface area contributed by atoms with Gasteiger partial charge in [0.05, 0.1) is 11.5 Å². The molecule has 1 N–H and O–H groups in total. The molecule has 2 saturated heterocycles. The molecule has 0 aliphatic carbocycles. The van der Waals surface area contributed by atoms with Crippen molar-refractivity contribution in [2.24, 2.45) is 0 Å². The van der Waals surface area contributed by atoms with E-state index in [-0.39, 0.29) is 0 Å². The van der Waals surface area contributed by atoms with Gasteiger partial charge in [0.15, 0.2) is 0 Å². The molecule has 0 radical (unpaired) electrons. The van der Waals surface area contributed by atoms with Crippen molar-refractivity contribution in [3.8, 4) is 0 Å². The molecule has 0 unspecified atom stereocenters. The standard InChI is InChI=1S/C15H23N3O2S/c19-21(20)11-6-14(7-12-21)17-13-4-9-18(10-5-13)15-3-1-2-8-16-15/h1-3,8,13-14,17H,4-7,9-12H2. The molecule has 21 heavy (non-hydrogen) atoms. The first-order valence-corrected chi connectivity index (χ1v) is 9.57. The quantitative estimate of drug-likeness (QED) is 0.909. The third-order valence-corrected chi connectivity index (χ3v) is 6.21. The van der Waals surface area contributed by atoms with Crippen LogP contribution in [0.3, 0.4) is 0 Å².